The van der Waals surface area contributed by atoms with Crippen LogP contribution in [0.2, 0.25) is 4.63 Å². The normalized spacial score (nSPS) is 27.4. The van der Waals surface area contributed by atoms with Crippen molar-refractivity contribution in [3.63, 3.8) is 0 Å². The van der Waals surface area contributed by atoms with E-state index < -0.39 is 22.3 Å². The van der Waals surface area contributed by atoms with E-state index in [4.69, 9.17) is 0 Å². The molecular formula is C5H13BiN2. The third-order valence-electron chi connectivity index (χ3n) is 1.74. The zero-order chi connectivity index (χ0) is 6.15. The summed E-state index contributed by atoms with van der Waals surface area (Å²) in [5.41, 5.74) is 0. The van der Waals surface area contributed by atoms with Gasteiger partial charge < -0.3 is 0 Å². The van der Waals surface area contributed by atoms with E-state index in [0.717, 1.165) is 0 Å². The molecule has 0 N–H and O–H groups in total. The van der Waals surface area contributed by atoms with E-state index in [1.807, 2.05) is 0 Å². The minimum atomic E-state index is -1.14. The van der Waals surface area contributed by atoms with E-state index in [2.05, 4.69) is 24.4 Å². The fraction of sp³-hybridized carbons (Fsp3) is 1.00. The molecule has 1 saturated heterocycles. The number of likely N-dealkylation sites (N-methyl/N-ethyl adjacent to an activating group) is 2. The fourth-order valence-corrected chi connectivity index (χ4v) is 5.81. The molecule has 1 aliphatic heterocycles. The van der Waals surface area contributed by atoms with E-state index in [0.29, 0.717) is 0 Å². The summed E-state index contributed by atoms with van der Waals surface area (Å²) < 4.78 is 7.53. The predicted octanol–water partition coefficient (Wildman–Crippen LogP) is -0.0184. The van der Waals surface area contributed by atoms with Gasteiger partial charge in [-0.15, -0.1) is 0 Å². The van der Waals surface area contributed by atoms with Crippen LogP contribution in [0.1, 0.15) is 0 Å². The molecule has 2 nitrogen and oxygen atoms in total. The Bertz CT molecular complexity index is 76.5. The van der Waals surface area contributed by atoms with Crippen molar-refractivity contribution in [3.05, 3.63) is 0 Å². The first kappa shape index (κ1) is 6.92. The standard InChI is InChI=1S/C4H10N2.CH3.Bi/c1-5-3-4-6-2;;/h3-4H2,1-2H3;1H3;/q-2;;+2. The first-order chi connectivity index (χ1) is 3.72. The monoisotopic (exact) mass is 310 g/mol. The van der Waals surface area contributed by atoms with Crippen LogP contribution < -0.4 is 0 Å². The summed E-state index contributed by atoms with van der Waals surface area (Å²) in [7, 11) is 4.50. The molecular weight excluding hydrogens is 297 g/mol. The Balaban J connectivity index is 2.44. The maximum atomic E-state index is 2.55. The van der Waals surface area contributed by atoms with Crippen molar-refractivity contribution in [1.82, 2.24) is 5.69 Å². The molecule has 1 heterocycles. The minimum absolute atomic E-state index is 1.14. The molecule has 1 fully saturated rings. The summed E-state index contributed by atoms with van der Waals surface area (Å²) in [6.45, 7) is 2.62. The van der Waals surface area contributed by atoms with Crippen LogP contribution in [0.15, 0.2) is 0 Å². The van der Waals surface area contributed by atoms with Gasteiger partial charge in [-0.3, -0.25) is 0 Å². The molecule has 0 aliphatic carbocycles. The molecule has 0 amide bonds. The van der Waals surface area contributed by atoms with Crippen molar-refractivity contribution in [1.29, 1.82) is 0 Å². The van der Waals surface area contributed by atoms with Gasteiger partial charge in [0.05, 0.1) is 0 Å². The van der Waals surface area contributed by atoms with Gasteiger partial charge in [0.15, 0.2) is 0 Å². The van der Waals surface area contributed by atoms with Crippen molar-refractivity contribution >= 4 is 22.3 Å². The Hall–Kier alpha value is 0.803. The molecule has 0 radical (unpaired) electrons. The van der Waals surface area contributed by atoms with Crippen LogP contribution in [0.3, 0.4) is 0 Å². The third kappa shape index (κ3) is 1.20. The van der Waals surface area contributed by atoms with Gasteiger partial charge in [-0.25, -0.2) is 0 Å². The fourth-order valence-electron chi connectivity index (χ4n) is 0.840. The van der Waals surface area contributed by atoms with Gasteiger partial charge in [-0.1, -0.05) is 0 Å². The van der Waals surface area contributed by atoms with Crippen LogP contribution in [0.25, 0.3) is 0 Å². The molecule has 0 atom stereocenters. The molecule has 1 aliphatic rings. The average molecular weight is 310 g/mol. The van der Waals surface area contributed by atoms with Crippen molar-refractivity contribution < 1.29 is 0 Å². The third-order valence-corrected chi connectivity index (χ3v) is 11.0. The first-order valence-corrected chi connectivity index (χ1v) is 9.46. The van der Waals surface area contributed by atoms with Gasteiger partial charge in [0, 0.05) is 0 Å². The molecule has 0 bridgehead atoms. The van der Waals surface area contributed by atoms with Crippen molar-refractivity contribution in [2.24, 2.45) is 0 Å². The zero-order valence-electron chi connectivity index (χ0n) is 5.76. The molecule has 0 spiro atoms. The van der Waals surface area contributed by atoms with Crippen molar-refractivity contribution in [2.45, 2.75) is 4.63 Å². The zero-order valence-corrected chi connectivity index (χ0v) is 9.23. The van der Waals surface area contributed by atoms with Gasteiger partial charge >= 0.3 is 59.8 Å². The molecule has 1 rings (SSSR count). The van der Waals surface area contributed by atoms with Gasteiger partial charge in [-0.2, -0.15) is 0 Å². The number of nitrogens with zero attached hydrogens (tertiary/aromatic N) is 2. The summed E-state index contributed by atoms with van der Waals surface area (Å²) in [5, 5.41) is 0. The molecule has 48 valence electrons. The predicted molar refractivity (Wildman–Crippen MR) is 36.9 cm³/mol. The molecule has 0 aromatic carbocycles. The van der Waals surface area contributed by atoms with Gasteiger partial charge in [0.1, 0.15) is 0 Å². The van der Waals surface area contributed by atoms with Crippen molar-refractivity contribution in [3.8, 4) is 0 Å². The summed E-state index contributed by atoms with van der Waals surface area (Å²) in [4.78, 5) is 0. The van der Waals surface area contributed by atoms with E-state index >= 15 is 0 Å². The number of rotatable bonds is 0. The van der Waals surface area contributed by atoms with Gasteiger partial charge in [0.2, 0.25) is 0 Å². The van der Waals surface area contributed by atoms with Gasteiger partial charge in [-0.05, 0) is 0 Å². The van der Waals surface area contributed by atoms with E-state index in [-0.39, 0.29) is 0 Å². The second-order valence-electron chi connectivity index (χ2n) is 2.25. The molecule has 0 unspecified atom stereocenters. The van der Waals surface area contributed by atoms with E-state index in [1.165, 1.54) is 13.1 Å². The molecule has 8 heavy (non-hydrogen) atoms. The Morgan fingerprint density at radius 1 is 1.12 bits per heavy atom. The van der Waals surface area contributed by atoms with Crippen LogP contribution in [-0.4, -0.2) is 55.2 Å². The van der Waals surface area contributed by atoms with Crippen LogP contribution in [-0.2, 0) is 0 Å². The average Bonchev–Trinajstić information content (AvgIpc) is 1.98. The number of hydrogen-bond acceptors (Lipinski definition) is 2. The molecule has 0 aromatic heterocycles. The Kier molecular flexibility index (Phi) is 2.24. The topological polar surface area (TPSA) is 6.48 Å². The summed E-state index contributed by atoms with van der Waals surface area (Å²) in [6, 6.07) is 0. The Morgan fingerprint density at radius 2 is 1.50 bits per heavy atom. The molecule has 0 saturated carbocycles. The Morgan fingerprint density at radius 3 is 1.62 bits per heavy atom. The van der Waals surface area contributed by atoms with E-state index in [9.17, 15) is 0 Å². The molecule has 0 aromatic rings. The second-order valence-corrected chi connectivity index (χ2v) is 11.4. The maximum absolute atomic E-state index is 2.55. The molecule has 3 heteroatoms. The van der Waals surface area contributed by atoms with Crippen molar-refractivity contribution in [2.75, 3.05) is 27.2 Å². The van der Waals surface area contributed by atoms with E-state index in [1.54, 1.807) is 0 Å². The van der Waals surface area contributed by atoms with Crippen LogP contribution in [0.4, 0.5) is 0 Å². The number of hydrogen-bond donors (Lipinski definition) is 0. The van der Waals surface area contributed by atoms with Gasteiger partial charge in [0.25, 0.3) is 0 Å². The summed E-state index contributed by atoms with van der Waals surface area (Å²) >= 11 is -1.14. The van der Waals surface area contributed by atoms with Crippen LogP contribution >= 0.6 is 0 Å². The van der Waals surface area contributed by atoms with Crippen LogP contribution in [0, 0.1) is 0 Å². The first-order valence-electron chi connectivity index (χ1n) is 2.87. The summed E-state index contributed by atoms with van der Waals surface area (Å²) in [5.74, 6) is 0. The Labute approximate surface area is 59.9 Å². The summed E-state index contributed by atoms with van der Waals surface area (Å²) in [6.07, 6.45) is 0. The SMILES string of the molecule is C[N]1CC[N](C)[Bi]1[CH3]. The second kappa shape index (κ2) is 2.59. The quantitative estimate of drug-likeness (QED) is 0.581. The van der Waals surface area contributed by atoms with Crippen LogP contribution in [0.5, 0.6) is 0 Å².